The van der Waals surface area contributed by atoms with Gasteiger partial charge in [-0.1, -0.05) is 6.07 Å². The Bertz CT molecular complexity index is 415. The normalized spacial score (nSPS) is 17.4. The fraction of sp³-hybridized carbons (Fsp3) is 0.500. The van der Waals surface area contributed by atoms with Gasteiger partial charge in [0.2, 0.25) is 0 Å². The summed E-state index contributed by atoms with van der Waals surface area (Å²) >= 11 is 0. The number of benzene rings is 1. The van der Waals surface area contributed by atoms with Crippen molar-refractivity contribution in [1.29, 1.82) is 0 Å². The first-order valence-electron chi connectivity index (χ1n) is 5.79. The van der Waals surface area contributed by atoms with Crippen LogP contribution in [0.3, 0.4) is 0 Å². The third-order valence-electron chi connectivity index (χ3n) is 3.01. The Labute approximate surface area is 103 Å². The first-order chi connectivity index (χ1) is 8.22. The van der Waals surface area contributed by atoms with Gasteiger partial charge in [-0.15, -0.1) is 0 Å². The molecule has 2 N–H and O–H groups in total. The van der Waals surface area contributed by atoms with Crippen molar-refractivity contribution >= 4 is 16.5 Å². The van der Waals surface area contributed by atoms with Crippen LogP contribution in [0, 0.1) is 5.82 Å². The molecule has 0 bridgehead atoms. The summed E-state index contributed by atoms with van der Waals surface area (Å²) in [6.45, 7) is 1.90. The number of halogens is 1. The maximum atomic E-state index is 13.7. The summed E-state index contributed by atoms with van der Waals surface area (Å²) in [6, 6.07) is 5.11. The lowest BCUT2D eigenvalue weighted by Gasteiger charge is -2.30. The second-order valence-electron chi connectivity index (χ2n) is 4.11. The molecule has 0 saturated carbocycles. The van der Waals surface area contributed by atoms with Gasteiger partial charge in [-0.2, -0.15) is 0 Å². The van der Waals surface area contributed by atoms with E-state index in [4.69, 9.17) is 5.73 Å². The molecule has 0 unspecified atom stereocenters. The van der Waals surface area contributed by atoms with E-state index in [1.807, 2.05) is 6.07 Å². The van der Waals surface area contributed by atoms with Crippen molar-refractivity contribution in [2.45, 2.75) is 6.42 Å². The molecule has 1 aromatic rings. The molecule has 0 amide bonds. The number of nitrogens with two attached hydrogens (primary N) is 1. The highest BCUT2D eigenvalue weighted by Crippen LogP contribution is 2.24. The van der Waals surface area contributed by atoms with E-state index in [1.54, 1.807) is 6.07 Å². The van der Waals surface area contributed by atoms with Gasteiger partial charge in [0.15, 0.2) is 0 Å². The van der Waals surface area contributed by atoms with E-state index in [1.165, 1.54) is 6.07 Å². The van der Waals surface area contributed by atoms with Crippen LogP contribution >= 0.6 is 0 Å². The lowest BCUT2D eigenvalue weighted by Crippen LogP contribution is -2.38. The van der Waals surface area contributed by atoms with Crippen molar-refractivity contribution in [3.05, 3.63) is 29.6 Å². The Morgan fingerprint density at radius 1 is 1.35 bits per heavy atom. The van der Waals surface area contributed by atoms with Crippen LogP contribution in [0.15, 0.2) is 18.2 Å². The quantitative estimate of drug-likeness (QED) is 0.874. The maximum absolute atomic E-state index is 13.7. The monoisotopic (exact) mass is 256 g/mol. The van der Waals surface area contributed by atoms with Crippen molar-refractivity contribution < 1.29 is 8.60 Å². The Kier molecular flexibility index (Phi) is 4.12. The van der Waals surface area contributed by atoms with E-state index in [0.29, 0.717) is 30.0 Å². The molecule has 0 aromatic heterocycles. The van der Waals surface area contributed by atoms with Gasteiger partial charge < -0.3 is 10.6 Å². The van der Waals surface area contributed by atoms with E-state index in [0.717, 1.165) is 18.8 Å². The molecule has 94 valence electrons. The van der Waals surface area contributed by atoms with Crippen molar-refractivity contribution in [3.8, 4) is 0 Å². The van der Waals surface area contributed by atoms with Crippen LogP contribution in [0.5, 0.6) is 0 Å². The van der Waals surface area contributed by atoms with Crippen LogP contribution in [0.25, 0.3) is 0 Å². The molecule has 1 aliphatic heterocycles. The van der Waals surface area contributed by atoms with E-state index in [-0.39, 0.29) is 5.82 Å². The van der Waals surface area contributed by atoms with Gasteiger partial charge in [0.25, 0.3) is 0 Å². The Hall–Kier alpha value is -0.940. The molecule has 3 nitrogen and oxygen atoms in total. The molecule has 0 atom stereocenters. The molecule has 5 heteroatoms. The van der Waals surface area contributed by atoms with Crippen LogP contribution < -0.4 is 10.6 Å². The smallest absolute Gasteiger partial charge is 0.128 e. The van der Waals surface area contributed by atoms with E-state index in [9.17, 15) is 8.60 Å². The van der Waals surface area contributed by atoms with Gasteiger partial charge >= 0.3 is 0 Å². The van der Waals surface area contributed by atoms with Crippen LogP contribution in [0.2, 0.25) is 0 Å². The van der Waals surface area contributed by atoms with Crippen molar-refractivity contribution in [1.82, 2.24) is 0 Å². The zero-order chi connectivity index (χ0) is 12.3. The van der Waals surface area contributed by atoms with Gasteiger partial charge in [0.05, 0.1) is 0 Å². The SMILES string of the molecule is NCCc1c(F)cccc1N1CCS(=O)CC1. The summed E-state index contributed by atoms with van der Waals surface area (Å²) < 4.78 is 25.0. The van der Waals surface area contributed by atoms with E-state index >= 15 is 0 Å². The van der Waals surface area contributed by atoms with Crippen LogP contribution in [-0.2, 0) is 17.2 Å². The fourth-order valence-electron chi connectivity index (χ4n) is 2.11. The number of rotatable bonds is 3. The lowest BCUT2D eigenvalue weighted by atomic mass is 10.1. The molecule has 1 aliphatic rings. The largest absolute Gasteiger partial charge is 0.369 e. The van der Waals surface area contributed by atoms with Crippen LogP contribution in [0.4, 0.5) is 10.1 Å². The molecular formula is C12H17FN2OS. The first kappa shape index (κ1) is 12.5. The predicted octanol–water partition coefficient (Wildman–Crippen LogP) is 0.896. The molecule has 17 heavy (non-hydrogen) atoms. The predicted molar refractivity (Wildman–Crippen MR) is 69.2 cm³/mol. The highest BCUT2D eigenvalue weighted by Gasteiger charge is 2.19. The standard InChI is InChI=1S/C12H17FN2OS/c13-11-2-1-3-12(10(11)4-5-14)15-6-8-17(16)9-7-15/h1-3H,4-9,14H2. The average Bonchev–Trinajstić information content (AvgIpc) is 2.33. The summed E-state index contributed by atoms with van der Waals surface area (Å²) in [6.07, 6.45) is 0.543. The molecule has 2 rings (SSSR count). The van der Waals surface area contributed by atoms with Crippen LogP contribution in [0.1, 0.15) is 5.56 Å². The van der Waals surface area contributed by atoms with Gasteiger partial charge in [-0.05, 0) is 25.1 Å². The minimum absolute atomic E-state index is 0.195. The van der Waals surface area contributed by atoms with Crippen LogP contribution in [-0.4, -0.2) is 35.3 Å². The van der Waals surface area contributed by atoms with Crippen molar-refractivity contribution in [2.75, 3.05) is 36.0 Å². The number of nitrogens with zero attached hydrogens (tertiary/aromatic N) is 1. The maximum Gasteiger partial charge on any atom is 0.128 e. The summed E-state index contributed by atoms with van der Waals surface area (Å²) in [5.41, 5.74) is 7.11. The summed E-state index contributed by atoms with van der Waals surface area (Å²) in [7, 11) is -0.710. The molecule has 1 saturated heterocycles. The average molecular weight is 256 g/mol. The van der Waals surface area contributed by atoms with Gasteiger partial charge in [0, 0.05) is 46.6 Å². The van der Waals surface area contributed by atoms with Gasteiger partial charge in [-0.3, -0.25) is 4.21 Å². The molecule has 1 heterocycles. The molecule has 0 spiro atoms. The summed E-state index contributed by atoms with van der Waals surface area (Å²) in [4.78, 5) is 2.11. The second kappa shape index (κ2) is 5.60. The Morgan fingerprint density at radius 3 is 2.71 bits per heavy atom. The zero-order valence-corrected chi connectivity index (χ0v) is 10.5. The minimum Gasteiger partial charge on any atom is -0.369 e. The van der Waals surface area contributed by atoms with Gasteiger partial charge in [-0.25, -0.2) is 4.39 Å². The third-order valence-corrected chi connectivity index (χ3v) is 4.28. The molecule has 1 fully saturated rings. The number of hydrogen-bond acceptors (Lipinski definition) is 3. The van der Waals surface area contributed by atoms with E-state index in [2.05, 4.69) is 4.90 Å². The van der Waals surface area contributed by atoms with Crippen molar-refractivity contribution in [3.63, 3.8) is 0 Å². The summed E-state index contributed by atoms with van der Waals surface area (Å²) in [5.74, 6) is 1.14. The lowest BCUT2D eigenvalue weighted by molar-refractivity contribution is 0.607. The minimum atomic E-state index is -0.710. The summed E-state index contributed by atoms with van der Waals surface area (Å²) in [5, 5.41) is 0. The topological polar surface area (TPSA) is 46.3 Å². The highest BCUT2D eigenvalue weighted by atomic mass is 32.2. The fourth-order valence-corrected chi connectivity index (χ4v) is 3.17. The van der Waals surface area contributed by atoms with Gasteiger partial charge in [0.1, 0.15) is 5.82 Å². The molecule has 0 aliphatic carbocycles. The molecular weight excluding hydrogens is 239 g/mol. The zero-order valence-electron chi connectivity index (χ0n) is 9.69. The Balaban J connectivity index is 2.25. The molecule has 1 aromatic carbocycles. The first-order valence-corrected chi connectivity index (χ1v) is 7.28. The highest BCUT2D eigenvalue weighted by molar-refractivity contribution is 7.85. The Morgan fingerprint density at radius 2 is 2.06 bits per heavy atom. The van der Waals surface area contributed by atoms with E-state index < -0.39 is 10.8 Å². The second-order valence-corrected chi connectivity index (χ2v) is 5.81. The van der Waals surface area contributed by atoms with Crippen molar-refractivity contribution in [2.24, 2.45) is 5.73 Å². The third kappa shape index (κ3) is 2.84. The number of anilines is 1. The molecule has 0 radical (unpaired) electrons. The number of hydrogen-bond donors (Lipinski definition) is 1.